The number of likely N-dealkylation sites (tertiary alicyclic amines) is 1. The highest BCUT2D eigenvalue weighted by molar-refractivity contribution is 7.13. The van der Waals surface area contributed by atoms with Gasteiger partial charge in [0.2, 0.25) is 11.8 Å². The van der Waals surface area contributed by atoms with Crippen molar-refractivity contribution < 1.29 is 14.7 Å². The molecule has 0 spiro atoms. The van der Waals surface area contributed by atoms with Crippen molar-refractivity contribution in [1.29, 1.82) is 0 Å². The quantitative estimate of drug-likeness (QED) is 0.670. The Labute approximate surface area is 188 Å². The number of carbonyl (C=O) groups excluding carboxylic acids is 2. The number of thiazole rings is 1. The molecule has 166 valence electrons. The largest absolute Gasteiger partial charge is 0.391 e. The summed E-state index contributed by atoms with van der Waals surface area (Å²) in [6.07, 6.45) is 3.50. The third-order valence-electron chi connectivity index (χ3n) is 5.22. The van der Waals surface area contributed by atoms with Crippen molar-refractivity contribution in [1.82, 2.24) is 15.2 Å². The molecule has 1 saturated heterocycles. The fourth-order valence-corrected chi connectivity index (χ4v) is 4.48. The molecule has 1 aromatic heterocycles. The van der Waals surface area contributed by atoms with Gasteiger partial charge in [-0.2, -0.15) is 0 Å². The summed E-state index contributed by atoms with van der Waals surface area (Å²) in [5.74, 6) is -0.206. The zero-order valence-corrected chi connectivity index (χ0v) is 19.4. The van der Waals surface area contributed by atoms with Crippen molar-refractivity contribution in [2.75, 3.05) is 6.54 Å². The van der Waals surface area contributed by atoms with Crippen LogP contribution in [-0.4, -0.2) is 45.5 Å². The molecule has 1 aromatic carbocycles. The molecule has 0 saturated carbocycles. The molecule has 1 fully saturated rings. The number of carbonyl (C=O) groups is 2. The Hall–Kier alpha value is -2.51. The minimum Gasteiger partial charge on any atom is -0.391 e. The van der Waals surface area contributed by atoms with Crippen LogP contribution in [0, 0.1) is 12.3 Å². The van der Waals surface area contributed by atoms with Crippen LogP contribution in [0.15, 0.2) is 41.9 Å². The lowest BCUT2D eigenvalue weighted by molar-refractivity contribution is -0.133. The van der Waals surface area contributed by atoms with Gasteiger partial charge in [0.1, 0.15) is 0 Å². The van der Waals surface area contributed by atoms with Crippen molar-refractivity contribution in [2.24, 2.45) is 5.41 Å². The molecule has 2 N–H and O–H groups in total. The van der Waals surface area contributed by atoms with Gasteiger partial charge in [-0.05, 0) is 29.9 Å². The number of aliphatic hydroxyl groups is 1. The fraction of sp³-hybridized carbons (Fsp3) is 0.458. The Bertz CT molecular complexity index is 944. The summed E-state index contributed by atoms with van der Waals surface area (Å²) in [6, 6.07) is 7.82. The highest BCUT2D eigenvalue weighted by Gasteiger charge is 2.34. The third-order valence-corrected chi connectivity index (χ3v) is 6.20. The molecule has 0 bridgehead atoms. The van der Waals surface area contributed by atoms with Crippen LogP contribution in [-0.2, 0) is 16.1 Å². The van der Waals surface area contributed by atoms with Crippen LogP contribution in [0.1, 0.15) is 44.9 Å². The molecule has 2 atom stereocenters. The summed E-state index contributed by atoms with van der Waals surface area (Å²) < 4.78 is 0. The lowest BCUT2D eigenvalue weighted by Gasteiger charge is -2.26. The lowest BCUT2D eigenvalue weighted by Crippen LogP contribution is -2.37. The molecule has 6 nitrogen and oxygen atoms in total. The van der Waals surface area contributed by atoms with E-state index in [1.807, 2.05) is 57.5 Å². The van der Waals surface area contributed by atoms with Gasteiger partial charge in [-0.3, -0.25) is 9.59 Å². The topological polar surface area (TPSA) is 82.5 Å². The SMILES string of the molecule is Cc1ncsc1-c1ccc(CNC(=O)/C=C/C2CC(O)CN2C(=O)CC(C)(C)C)cc1. The minimum absolute atomic E-state index is 0.00961. The van der Waals surface area contributed by atoms with Crippen molar-refractivity contribution in [3.05, 3.63) is 53.2 Å². The van der Waals surface area contributed by atoms with Gasteiger partial charge in [0.05, 0.1) is 28.2 Å². The Morgan fingerprint density at radius 3 is 2.61 bits per heavy atom. The van der Waals surface area contributed by atoms with E-state index in [1.165, 1.54) is 6.08 Å². The third kappa shape index (κ3) is 6.48. The van der Waals surface area contributed by atoms with E-state index in [4.69, 9.17) is 0 Å². The molecule has 31 heavy (non-hydrogen) atoms. The van der Waals surface area contributed by atoms with E-state index in [-0.39, 0.29) is 23.3 Å². The molecular weight excluding hydrogens is 410 g/mol. The summed E-state index contributed by atoms with van der Waals surface area (Å²) in [5.41, 5.74) is 4.86. The average Bonchev–Trinajstić information content (AvgIpc) is 3.29. The van der Waals surface area contributed by atoms with Crippen molar-refractivity contribution in [2.45, 2.75) is 59.2 Å². The summed E-state index contributed by atoms with van der Waals surface area (Å²) in [5, 5.41) is 12.9. The maximum Gasteiger partial charge on any atom is 0.244 e. The van der Waals surface area contributed by atoms with Gasteiger partial charge in [0.25, 0.3) is 0 Å². The Morgan fingerprint density at radius 2 is 2.00 bits per heavy atom. The molecule has 1 aliphatic rings. The van der Waals surface area contributed by atoms with Crippen LogP contribution >= 0.6 is 11.3 Å². The number of amides is 2. The molecule has 0 aliphatic carbocycles. The van der Waals surface area contributed by atoms with Crippen LogP contribution in [0.3, 0.4) is 0 Å². The van der Waals surface area contributed by atoms with E-state index in [1.54, 1.807) is 22.3 Å². The maximum absolute atomic E-state index is 12.6. The van der Waals surface area contributed by atoms with Crippen LogP contribution in [0.5, 0.6) is 0 Å². The number of rotatable bonds is 6. The summed E-state index contributed by atoms with van der Waals surface area (Å²) in [7, 11) is 0. The predicted octanol–water partition coefficient (Wildman–Crippen LogP) is 3.69. The first-order valence-corrected chi connectivity index (χ1v) is 11.4. The summed E-state index contributed by atoms with van der Waals surface area (Å²) in [4.78, 5) is 32.0. The van der Waals surface area contributed by atoms with Gasteiger partial charge in [-0.15, -0.1) is 11.3 Å². The first-order valence-electron chi connectivity index (χ1n) is 10.6. The Balaban J connectivity index is 1.53. The van der Waals surface area contributed by atoms with Crippen LogP contribution in [0.2, 0.25) is 0 Å². The molecule has 2 amide bonds. The second-order valence-corrected chi connectivity index (χ2v) is 10.1. The van der Waals surface area contributed by atoms with E-state index in [0.717, 1.165) is 21.7 Å². The highest BCUT2D eigenvalue weighted by Crippen LogP contribution is 2.27. The van der Waals surface area contributed by atoms with Gasteiger partial charge in [0.15, 0.2) is 0 Å². The van der Waals surface area contributed by atoms with Crippen LogP contribution < -0.4 is 5.32 Å². The number of aryl methyl sites for hydroxylation is 1. The summed E-state index contributed by atoms with van der Waals surface area (Å²) in [6.45, 7) is 8.78. The Kier molecular flexibility index (Phi) is 7.28. The van der Waals surface area contributed by atoms with Crippen LogP contribution in [0.25, 0.3) is 10.4 Å². The molecule has 1 aliphatic heterocycles. The lowest BCUT2D eigenvalue weighted by atomic mass is 9.91. The smallest absolute Gasteiger partial charge is 0.244 e. The van der Waals surface area contributed by atoms with Gasteiger partial charge in [-0.25, -0.2) is 4.98 Å². The van der Waals surface area contributed by atoms with E-state index < -0.39 is 6.10 Å². The van der Waals surface area contributed by atoms with Crippen molar-refractivity contribution in [3.63, 3.8) is 0 Å². The van der Waals surface area contributed by atoms with Crippen molar-refractivity contribution >= 4 is 23.2 Å². The number of nitrogens with one attached hydrogen (secondary N) is 1. The zero-order valence-electron chi connectivity index (χ0n) is 18.6. The Morgan fingerprint density at radius 1 is 1.29 bits per heavy atom. The van der Waals surface area contributed by atoms with Gasteiger partial charge < -0.3 is 15.3 Å². The molecule has 0 radical (unpaired) electrons. The second kappa shape index (κ2) is 9.75. The standard InChI is InChI=1S/C24H31N3O3S/c1-16-23(31-15-26-16)18-7-5-17(6-8-18)13-25-21(29)10-9-19-11-20(28)14-27(19)22(30)12-24(2,3)4/h5-10,15,19-20,28H,11-14H2,1-4H3,(H,25,29)/b10-9+. The van der Waals surface area contributed by atoms with Gasteiger partial charge in [0, 0.05) is 25.6 Å². The predicted molar refractivity (Wildman–Crippen MR) is 123 cm³/mol. The first kappa shape index (κ1) is 23.2. The number of benzene rings is 1. The second-order valence-electron chi connectivity index (χ2n) is 9.28. The number of β-amino-alcohol motifs (C(OH)–C–C–N with tert-alkyl or cyclic N) is 1. The number of nitrogens with zero attached hydrogens (tertiary/aromatic N) is 2. The molecule has 2 aromatic rings. The molecule has 3 rings (SSSR count). The molecular formula is C24H31N3O3S. The zero-order chi connectivity index (χ0) is 22.6. The minimum atomic E-state index is -0.553. The number of aliphatic hydroxyl groups excluding tert-OH is 1. The molecule has 7 heteroatoms. The fourth-order valence-electron chi connectivity index (χ4n) is 3.67. The first-order chi connectivity index (χ1) is 14.6. The van der Waals surface area contributed by atoms with Crippen LogP contribution in [0.4, 0.5) is 0 Å². The monoisotopic (exact) mass is 441 g/mol. The van der Waals surface area contributed by atoms with Gasteiger partial charge in [-0.1, -0.05) is 51.1 Å². The highest BCUT2D eigenvalue weighted by atomic mass is 32.1. The summed E-state index contributed by atoms with van der Waals surface area (Å²) >= 11 is 1.61. The average molecular weight is 442 g/mol. The molecule has 2 heterocycles. The van der Waals surface area contributed by atoms with E-state index in [9.17, 15) is 14.7 Å². The van der Waals surface area contributed by atoms with Gasteiger partial charge >= 0.3 is 0 Å². The van der Waals surface area contributed by atoms with E-state index >= 15 is 0 Å². The molecule has 2 unspecified atom stereocenters. The van der Waals surface area contributed by atoms with E-state index in [2.05, 4.69) is 10.3 Å². The maximum atomic E-state index is 12.6. The normalized spacial score (nSPS) is 19.2. The number of aromatic nitrogens is 1. The number of hydrogen-bond acceptors (Lipinski definition) is 5. The van der Waals surface area contributed by atoms with Crippen molar-refractivity contribution in [3.8, 4) is 10.4 Å². The van der Waals surface area contributed by atoms with E-state index in [0.29, 0.717) is 25.9 Å². The number of hydrogen-bond donors (Lipinski definition) is 2.